The highest BCUT2D eigenvalue weighted by molar-refractivity contribution is 5.75. The molecule has 2 heterocycles. The quantitative estimate of drug-likeness (QED) is 0.700. The molecule has 3 nitrogen and oxygen atoms in total. The van der Waals surface area contributed by atoms with Gasteiger partial charge in [-0.25, -0.2) is 9.97 Å². The number of hydrogen-bond donors (Lipinski definition) is 0. The maximum atomic E-state index is 4.75. The SMILES string of the molecule is Cc1cc(C)c2nc(Cc3ccccc3)n(C)c2n1. The maximum Gasteiger partial charge on any atom is 0.160 e. The maximum absolute atomic E-state index is 4.75. The van der Waals surface area contributed by atoms with E-state index in [1.807, 2.05) is 20.0 Å². The zero-order valence-electron chi connectivity index (χ0n) is 11.5. The number of imidazole rings is 1. The standard InChI is InChI=1S/C16H17N3/c1-11-9-12(2)17-16-15(11)18-14(19(16)3)10-13-7-5-4-6-8-13/h4-9H,10H2,1-3H3. The predicted octanol–water partition coefficient (Wildman–Crippen LogP) is 3.18. The van der Waals surface area contributed by atoms with Crippen LogP contribution in [-0.2, 0) is 13.5 Å². The molecule has 0 spiro atoms. The smallest absolute Gasteiger partial charge is 0.160 e. The Morgan fingerprint density at radius 1 is 1.05 bits per heavy atom. The molecule has 0 saturated carbocycles. The Labute approximate surface area is 112 Å². The fraction of sp³-hybridized carbons (Fsp3) is 0.250. The summed E-state index contributed by atoms with van der Waals surface area (Å²) in [5.41, 5.74) is 5.49. The Hall–Kier alpha value is -2.16. The number of nitrogens with zero attached hydrogens (tertiary/aromatic N) is 3. The summed E-state index contributed by atoms with van der Waals surface area (Å²) in [6.45, 7) is 4.12. The summed E-state index contributed by atoms with van der Waals surface area (Å²) in [5.74, 6) is 1.06. The monoisotopic (exact) mass is 251 g/mol. The largest absolute Gasteiger partial charge is 0.316 e. The predicted molar refractivity (Wildman–Crippen MR) is 77.2 cm³/mol. The van der Waals surface area contributed by atoms with E-state index in [1.54, 1.807) is 0 Å². The molecule has 96 valence electrons. The Kier molecular flexibility index (Phi) is 2.82. The molecule has 0 saturated heterocycles. The lowest BCUT2D eigenvalue weighted by Gasteiger charge is -2.02. The number of rotatable bonds is 2. The van der Waals surface area contributed by atoms with Crippen LogP contribution in [0.1, 0.15) is 22.6 Å². The highest BCUT2D eigenvalue weighted by Gasteiger charge is 2.11. The zero-order chi connectivity index (χ0) is 13.4. The molecule has 0 bridgehead atoms. The van der Waals surface area contributed by atoms with Crippen molar-refractivity contribution in [1.29, 1.82) is 0 Å². The van der Waals surface area contributed by atoms with E-state index in [2.05, 4.69) is 46.8 Å². The minimum absolute atomic E-state index is 0.839. The molecule has 0 N–H and O–H groups in total. The molecule has 0 atom stereocenters. The molecule has 0 unspecified atom stereocenters. The fourth-order valence-corrected chi connectivity index (χ4v) is 2.45. The van der Waals surface area contributed by atoms with E-state index < -0.39 is 0 Å². The average Bonchev–Trinajstić information content (AvgIpc) is 2.69. The molecule has 0 aliphatic carbocycles. The van der Waals surface area contributed by atoms with Gasteiger partial charge in [0.15, 0.2) is 5.65 Å². The van der Waals surface area contributed by atoms with E-state index in [-0.39, 0.29) is 0 Å². The Morgan fingerprint density at radius 2 is 1.79 bits per heavy atom. The van der Waals surface area contributed by atoms with Crippen LogP contribution in [-0.4, -0.2) is 14.5 Å². The van der Waals surface area contributed by atoms with Crippen molar-refractivity contribution in [3.05, 3.63) is 59.0 Å². The molecule has 0 aliphatic rings. The first kappa shape index (κ1) is 11.9. The number of aryl methyl sites for hydroxylation is 3. The van der Waals surface area contributed by atoms with Crippen molar-refractivity contribution in [3.63, 3.8) is 0 Å². The first-order valence-electron chi connectivity index (χ1n) is 6.48. The van der Waals surface area contributed by atoms with Gasteiger partial charge in [-0.2, -0.15) is 0 Å². The van der Waals surface area contributed by atoms with E-state index in [9.17, 15) is 0 Å². The van der Waals surface area contributed by atoms with Crippen LogP contribution in [0.3, 0.4) is 0 Å². The second-order valence-corrected chi connectivity index (χ2v) is 5.00. The van der Waals surface area contributed by atoms with Crippen molar-refractivity contribution in [3.8, 4) is 0 Å². The van der Waals surface area contributed by atoms with Crippen LogP contribution in [0.2, 0.25) is 0 Å². The first-order valence-corrected chi connectivity index (χ1v) is 6.48. The van der Waals surface area contributed by atoms with Crippen LogP contribution in [0.4, 0.5) is 0 Å². The van der Waals surface area contributed by atoms with Gasteiger partial charge in [0.05, 0.1) is 0 Å². The number of benzene rings is 1. The third-order valence-corrected chi connectivity index (χ3v) is 3.44. The van der Waals surface area contributed by atoms with Crippen molar-refractivity contribution in [2.24, 2.45) is 7.05 Å². The topological polar surface area (TPSA) is 30.7 Å². The molecule has 0 fully saturated rings. The highest BCUT2D eigenvalue weighted by Crippen LogP contribution is 2.19. The summed E-state index contributed by atoms with van der Waals surface area (Å²) in [5, 5.41) is 0. The van der Waals surface area contributed by atoms with Gasteiger partial charge >= 0.3 is 0 Å². The van der Waals surface area contributed by atoms with Gasteiger partial charge in [-0.1, -0.05) is 30.3 Å². The number of aromatic nitrogens is 3. The summed E-state index contributed by atoms with van der Waals surface area (Å²) < 4.78 is 2.10. The normalized spacial score (nSPS) is 11.1. The first-order chi connectivity index (χ1) is 9.15. The van der Waals surface area contributed by atoms with Gasteiger partial charge in [0.2, 0.25) is 0 Å². The number of hydrogen-bond acceptors (Lipinski definition) is 2. The van der Waals surface area contributed by atoms with Crippen molar-refractivity contribution in [1.82, 2.24) is 14.5 Å². The molecule has 19 heavy (non-hydrogen) atoms. The molecule has 0 aliphatic heterocycles. The lowest BCUT2D eigenvalue weighted by atomic mass is 10.1. The summed E-state index contributed by atoms with van der Waals surface area (Å²) in [6, 6.07) is 12.5. The van der Waals surface area contributed by atoms with Gasteiger partial charge < -0.3 is 4.57 Å². The third kappa shape index (κ3) is 2.12. The minimum atomic E-state index is 0.839. The second-order valence-electron chi connectivity index (χ2n) is 5.00. The van der Waals surface area contributed by atoms with Gasteiger partial charge in [0.1, 0.15) is 11.3 Å². The van der Waals surface area contributed by atoms with Crippen LogP contribution in [0.5, 0.6) is 0 Å². The molecule has 2 aromatic heterocycles. The zero-order valence-corrected chi connectivity index (χ0v) is 11.5. The Balaban J connectivity index is 2.10. The van der Waals surface area contributed by atoms with Gasteiger partial charge in [-0.15, -0.1) is 0 Å². The van der Waals surface area contributed by atoms with E-state index in [4.69, 9.17) is 4.98 Å². The second kappa shape index (κ2) is 4.50. The fourth-order valence-electron chi connectivity index (χ4n) is 2.45. The molecule has 3 aromatic rings. The lowest BCUT2D eigenvalue weighted by molar-refractivity contribution is 0.834. The van der Waals surface area contributed by atoms with Gasteiger partial charge in [-0.3, -0.25) is 0 Å². The average molecular weight is 251 g/mol. The third-order valence-electron chi connectivity index (χ3n) is 3.44. The van der Waals surface area contributed by atoms with Crippen LogP contribution in [0.15, 0.2) is 36.4 Å². The minimum Gasteiger partial charge on any atom is -0.316 e. The molecule has 1 aromatic carbocycles. The molecule has 0 radical (unpaired) electrons. The summed E-state index contributed by atoms with van der Waals surface area (Å²) in [7, 11) is 2.04. The molecule has 3 heteroatoms. The van der Waals surface area contributed by atoms with Gasteiger partial charge in [0, 0.05) is 19.2 Å². The summed E-state index contributed by atoms with van der Waals surface area (Å²) in [4.78, 5) is 9.35. The van der Waals surface area contributed by atoms with E-state index in [1.165, 1.54) is 11.1 Å². The summed E-state index contributed by atoms with van der Waals surface area (Å²) in [6.07, 6.45) is 0.839. The molecule has 3 rings (SSSR count). The summed E-state index contributed by atoms with van der Waals surface area (Å²) >= 11 is 0. The van der Waals surface area contributed by atoms with Crippen molar-refractivity contribution >= 4 is 11.2 Å². The van der Waals surface area contributed by atoms with Crippen molar-refractivity contribution in [2.75, 3.05) is 0 Å². The van der Waals surface area contributed by atoms with Gasteiger partial charge in [-0.05, 0) is 31.0 Å². The number of pyridine rings is 1. The Morgan fingerprint density at radius 3 is 2.53 bits per heavy atom. The van der Waals surface area contributed by atoms with E-state index in [0.29, 0.717) is 0 Å². The Bertz CT molecular complexity index is 727. The lowest BCUT2D eigenvalue weighted by Crippen LogP contribution is -2.00. The van der Waals surface area contributed by atoms with E-state index >= 15 is 0 Å². The number of fused-ring (bicyclic) bond motifs is 1. The van der Waals surface area contributed by atoms with Crippen molar-refractivity contribution in [2.45, 2.75) is 20.3 Å². The van der Waals surface area contributed by atoms with Crippen LogP contribution >= 0.6 is 0 Å². The van der Waals surface area contributed by atoms with Crippen LogP contribution in [0.25, 0.3) is 11.2 Å². The highest BCUT2D eigenvalue weighted by atomic mass is 15.1. The van der Waals surface area contributed by atoms with Crippen LogP contribution < -0.4 is 0 Å². The van der Waals surface area contributed by atoms with Crippen LogP contribution in [0, 0.1) is 13.8 Å². The van der Waals surface area contributed by atoms with E-state index in [0.717, 1.165) is 29.1 Å². The van der Waals surface area contributed by atoms with Crippen molar-refractivity contribution < 1.29 is 0 Å². The molecule has 0 amide bonds. The molecular formula is C16H17N3. The van der Waals surface area contributed by atoms with Gasteiger partial charge in [0.25, 0.3) is 0 Å². The molecular weight excluding hydrogens is 234 g/mol.